The van der Waals surface area contributed by atoms with Gasteiger partial charge in [0.15, 0.2) is 6.10 Å². The third-order valence-electron chi connectivity index (χ3n) is 1.90. The van der Waals surface area contributed by atoms with E-state index in [2.05, 4.69) is 4.74 Å². The Balaban J connectivity index is 2.91. The van der Waals surface area contributed by atoms with Crippen LogP contribution < -0.4 is 4.74 Å². The van der Waals surface area contributed by atoms with Crippen LogP contribution in [-0.4, -0.2) is 24.2 Å². The molecule has 16 heavy (non-hydrogen) atoms. The molecule has 0 bridgehead atoms. The van der Waals surface area contributed by atoms with Crippen molar-refractivity contribution in [2.45, 2.75) is 13.0 Å². The first-order chi connectivity index (χ1) is 7.56. The van der Waals surface area contributed by atoms with Gasteiger partial charge in [-0.1, -0.05) is 18.2 Å². The number of carbonyl (C=O) groups is 2. The number of rotatable bonds is 3. The lowest BCUT2D eigenvalue weighted by molar-refractivity contribution is -0.164. The average Bonchev–Trinajstić information content (AvgIpc) is 2.27. The summed E-state index contributed by atoms with van der Waals surface area (Å²) in [5.41, 5.74) is 0.260. The zero-order valence-corrected chi connectivity index (χ0v) is 8.97. The SMILES string of the molecule is COc1ccccc1C(O)C(=O)OC(C)=O. The van der Waals surface area contributed by atoms with E-state index in [4.69, 9.17) is 4.74 Å². The van der Waals surface area contributed by atoms with Crippen molar-refractivity contribution >= 4 is 11.9 Å². The summed E-state index contributed by atoms with van der Waals surface area (Å²) in [6.07, 6.45) is -1.53. The average molecular weight is 224 g/mol. The molecule has 1 aromatic rings. The Morgan fingerprint density at radius 3 is 2.50 bits per heavy atom. The Morgan fingerprint density at radius 1 is 1.31 bits per heavy atom. The topological polar surface area (TPSA) is 72.8 Å². The van der Waals surface area contributed by atoms with E-state index < -0.39 is 18.0 Å². The fourth-order valence-corrected chi connectivity index (χ4v) is 1.22. The minimum Gasteiger partial charge on any atom is -0.496 e. The van der Waals surface area contributed by atoms with E-state index >= 15 is 0 Å². The van der Waals surface area contributed by atoms with Crippen molar-refractivity contribution in [1.82, 2.24) is 0 Å². The lowest BCUT2D eigenvalue weighted by Crippen LogP contribution is -2.18. The molecular weight excluding hydrogens is 212 g/mol. The molecule has 5 nitrogen and oxygen atoms in total. The van der Waals surface area contributed by atoms with Crippen LogP contribution >= 0.6 is 0 Å². The molecule has 0 saturated heterocycles. The molecule has 0 aliphatic carbocycles. The van der Waals surface area contributed by atoms with Crippen molar-refractivity contribution in [1.29, 1.82) is 0 Å². The molecule has 0 heterocycles. The summed E-state index contributed by atoms with van der Waals surface area (Å²) in [6.45, 7) is 1.09. The Kier molecular flexibility index (Phi) is 4.02. The Morgan fingerprint density at radius 2 is 1.94 bits per heavy atom. The summed E-state index contributed by atoms with van der Waals surface area (Å²) < 4.78 is 9.25. The number of carbonyl (C=O) groups excluding carboxylic acids is 2. The molecule has 1 atom stereocenters. The number of methoxy groups -OCH3 is 1. The van der Waals surface area contributed by atoms with Gasteiger partial charge in [-0.05, 0) is 6.07 Å². The normalized spacial score (nSPS) is 11.7. The second-order valence-electron chi connectivity index (χ2n) is 3.06. The van der Waals surface area contributed by atoms with Crippen LogP contribution in [0.15, 0.2) is 24.3 Å². The molecule has 0 radical (unpaired) electrons. The number of aliphatic hydroxyl groups is 1. The Bertz CT molecular complexity index is 399. The van der Waals surface area contributed by atoms with Gasteiger partial charge in [-0.15, -0.1) is 0 Å². The first-order valence-corrected chi connectivity index (χ1v) is 4.59. The lowest BCUT2D eigenvalue weighted by Gasteiger charge is -2.12. The highest BCUT2D eigenvalue weighted by Crippen LogP contribution is 2.25. The molecule has 0 aliphatic heterocycles. The van der Waals surface area contributed by atoms with E-state index in [0.29, 0.717) is 5.75 Å². The van der Waals surface area contributed by atoms with E-state index in [-0.39, 0.29) is 5.56 Å². The van der Waals surface area contributed by atoms with Crippen LogP contribution in [0, 0.1) is 0 Å². The quantitative estimate of drug-likeness (QED) is 0.607. The van der Waals surface area contributed by atoms with Gasteiger partial charge in [-0.3, -0.25) is 4.79 Å². The van der Waals surface area contributed by atoms with E-state index in [0.717, 1.165) is 6.92 Å². The maximum atomic E-state index is 11.3. The van der Waals surface area contributed by atoms with Gasteiger partial charge < -0.3 is 14.6 Å². The summed E-state index contributed by atoms with van der Waals surface area (Å²) in [7, 11) is 1.42. The third-order valence-corrected chi connectivity index (χ3v) is 1.90. The van der Waals surface area contributed by atoms with Gasteiger partial charge in [0, 0.05) is 12.5 Å². The maximum absolute atomic E-state index is 11.3. The lowest BCUT2D eigenvalue weighted by atomic mass is 10.1. The van der Waals surface area contributed by atoms with Crippen molar-refractivity contribution in [3.63, 3.8) is 0 Å². The summed E-state index contributed by atoms with van der Waals surface area (Å²) >= 11 is 0. The number of para-hydroxylation sites is 1. The zero-order chi connectivity index (χ0) is 12.1. The van der Waals surface area contributed by atoms with Crippen LogP contribution in [0.25, 0.3) is 0 Å². The summed E-state index contributed by atoms with van der Waals surface area (Å²) in [5.74, 6) is -1.42. The number of hydrogen-bond donors (Lipinski definition) is 1. The van der Waals surface area contributed by atoms with Gasteiger partial charge in [-0.2, -0.15) is 0 Å². The highest BCUT2D eigenvalue weighted by Gasteiger charge is 2.23. The number of aliphatic hydroxyl groups excluding tert-OH is 1. The minimum atomic E-state index is -1.53. The number of esters is 2. The first kappa shape index (κ1) is 12.2. The molecule has 0 saturated carbocycles. The fourth-order valence-electron chi connectivity index (χ4n) is 1.22. The van der Waals surface area contributed by atoms with Crippen molar-refractivity contribution in [2.24, 2.45) is 0 Å². The highest BCUT2D eigenvalue weighted by molar-refractivity contribution is 5.87. The van der Waals surface area contributed by atoms with E-state index in [9.17, 15) is 14.7 Å². The van der Waals surface area contributed by atoms with Crippen molar-refractivity contribution in [3.05, 3.63) is 29.8 Å². The monoisotopic (exact) mass is 224 g/mol. The second-order valence-corrected chi connectivity index (χ2v) is 3.06. The predicted octanol–water partition coefficient (Wildman–Crippen LogP) is 0.818. The van der Waals surface area contributed by atoms with E-state index in [1.54, 1.807) is 18.2 Å². The highest BCUT2D eigenvalue weighted by atomic mass is 16.6. The fraction of sp³-hybridized carbons (Fsp3) is 0.273. The van der Waals surface area contributed by atoms with Crippen LogP contribution in [0.4, 0.5) is 0 Å². The Hall–Kier alpha value is -1.88. The molecule has 1 N–H and O–H groups in total. The largest absolute Gasteiger partial charge is 0.496 e. The van der Waals surface area contributed by atoms with E-state index in [1.165, 1.54) is 13.2 Å². The third kappa shape index (κ3) is 2.80. The molecule has 0 fully saturated rings. The predicted molar refractivity (Wildman–Crippen MR) is 54.7 cm³/mol. The summed E-state index contributed by atoms with van der Waals surface area (Å²) in [6, 6.07) is 6.46. The van der Waals surface area contributed by atoms with E-state index in [1.807, 2.05) is 0 Å². The molecule has 5 heteroatoms. The van der Waals surface area contributed by atoms with Crippen LogP contribution in [0.2, 0.25) is 0 Å². The van der Waals surface area contributed by atoms with Crippen molar-refractivity contribution < 1.29 is 24.2 Å². The van der Waals surface area contributed by atoms with Crippen LogP contribution in [-0.2, 0) is 14.3 Å². The molecule has 1 unspecified atom stereocenters. The van der Waals surface area contributed by atoms with Crippen LogP contribution in [0.1, 0.15) is 18.6 Å². The van der Waals surface area contributed by atoms with Gasteiger partial charge in [0.1, 0.15) is 5.75 Å². The molecule has 0 spiro atoms. The second kappa shape index (κ2) is 5.27. The van der Waals surface area contributed by atoms with Gasteiger partial charge in [0.2, 0.25) is 0 Å². The van der Waals surface area contributed by atoms with Crippen molar-refractivity contribution in [3.8, 4) is 5.75 Å². The van der Waals surface area contributed by atoms with Gasteiger partial charge >= 0.3 is 11.9 Å². The standard InChI is InChI=1S/C11H12O5/c1-7(12)16-11(14)10(13)8-5-3-4-6-9(8)15-2/h3-6,10,13H,1-2H3. The zero-order valence-electron chi connectivity index (χ0n) is 8.97. The van der Waals surface area contributed by atoms with Gasteiger partial charge in [0.05, 0.1) is 7.11 Å². The molecule has 0 amide bonds. The summed E-state index contributed by atoms with van der Waals surface area (Å²) in [4.78, 5) is 21.8. The molecule has 86 valence electrons. The number of ether oxygens (including phenoxy) is 2. The van der Waals surface area contributed by atoms with Gasteiger partial charge in [-0.25, -0.2) is 4.79 Å². The first-order valence-electron chi connectivity index (χ1n) is 4.59. The maximum Gasteiger partial charge on any atom is 0.347 e. The van der Waals surface area contributed by atoms with Gasteiger partial charge in [0.25, 0.3) is 0 Å². The number of hydrogen-bond acceptors (Lipinski definition) is 5. The van der Waals surface area contributed by atoms with Crippen molar-refractivity contribution in [2.75, 3.05) is 7.11 Å². The minimum absolute atomic E-state index is 0.260. The molecule has 1 aromatic carbocycles. The molecular formula is C11H12O5. The number of benzene rings is 1. The smallest absolute Gasteiger partial charge is 0.347 e. The molecule has 0 aliphatic rings. The summed E-state index contributed by atoms with van der Waals surface area (Å²) in [5, 5.41) is 9.64. The van der Waals surface area contributed by atoms with Crippen LogP contribution in [0.3, 0.4) is 0 Å². The molecule has 0 aromatic heterocycles. The molecule has 1 rings (SSSR count). The van der Waals surface area contributed by atoms with Crippen LogP contribution in [0.5, 0.6) is 5.75 Å². The Labute approximate surface area is 92.6 Å².